The summed E-state index contributed by atoms with van der Waals surface area (Å²) in [6.45, 7) is 0.239. The van der Waals surface area contributed by atoms with Gasteiger partial charge in [0.25, 0.3) is 5.91 Å². The van der Waals surface area contributed by atoms with Gasteiger partial charge in [0, 0.05) is 30.1 Å². The molecular formula is C26H23N3O5S2. The fourth-order valence-corrected chi connectivity index (χ4v) is 5.29. The van der Waals surface area contributed by atoms with Crippen molar-refractivity contribution in [3.8, 4) is 11.3 Å². The summed E-state index contributed by atoms with van der Waals surface area (Å²) in [5.41, 5.74) is 3.05. The number of thiazole rings is 1. The van der Waals surface area contributed by atoms with Crippen molar-refractivity contribution in [3.63, 3.8) is 0 Å². The lowest BCUT2D eigenvalue weighted by molar-refractivity contribution is 0.0600. The van der Waals surface area contributed by atoms with Crippen molar-refractivity contribution in [2.45, 2.75) is 11.4 Å². The van der Waals surface area contributed by atoms with Crippen molar-refractivity contribution in [2.75, 3.05) is 19.5 Å². The van der Waals surface area contributed by atoms with Crippen LogP contribution in [0.4, 0.5) is 5.13 Å². The predicted octanol–water partition coefficient (Wildman–Crippen LogP) is 4.67. The number of carbonyl (C=O) groups is 2. The largest absolute Gasteiger partial charge is 0.465 e. The molecule has 3 aromatic carbocycles. The van der Waals surface area contributed by atoms with Crippen molar-refractivity contribution in [3.05, 3.63) is 101 Å². The van der Waals surface area contributed by atoms with E-state index in [1.54, 1.807) is 29.6 Å². The number of aromatic nitrogens is 1. The predicted molar refractivity (Wildman–Crippen MR) is 138 cm³/mol. The zero-order valence-corrected chi connectivity index (χ0v) is 21.2. The number of benzene rings is 3. The fourth-order valence-electron chi connectivity index (χ4n) is 3.41. The summed E-state index contributed by atoms with van der Waals surface area (Å²) in [7, 11) is -0.872. The first-order valence-corrected chi connectivity index (χ1v) is 13.2. The van der Waals surface area contributed by atoms with Gasteiger partial charge in [-0.2, -0.15) is 4.31 Å². The molecule has 10 heteroatoms. The third-order valence-corrected chi connectivity index (χ3v) is 7.97. The van der Waals surface area contributed by atoms with Gasteiger partial charge in [-0.3, -0.25) is 10.1 Å². The Hall–Kier alpha value is -3.86. The van der Waals surface area contributed by atoms with E-state index in [-0.39, 0.29) is 11.4 Å². The normalized spacial score (nSPS) is 11.3. The molecule has 0 saturated carbocycles. The maximum Gasteiger partial charge on any atom is 0.337 e. The Kier molecular flexibility index (Phi) is 7.58. The Morgan fingerprint density at radius 1 is 0.944 bits per heavy atom. The van der Waals surface area contributed by atoms with Crippen molar-refractivity contribution in [2.24, 2.45) is 0 Å². The molecule has 1 heterocycles. The SMILES string of the molecule is COC(=O)c1ccc(-c2csc(NC(=O)c3ccc(S(=O)(=O)N(C)Cc4ccccc4)cc3)n2)cc1. The third-order valence-electron chi connectivity index (χ3n) is 5.40. The Morgan fingerprint density at radius 2 is 1.58 bits per heavy atom. The second kappa shape index (κ2) is 10.8. The van der Waals surface area contributed by atoms with E-state index in [9.17, 15) is 18.0 Å². The number of hydrogen-bond donors (Lipinski definition) is 1. The monoisotopic (exact) mass is 521 g/mol. The summed E-state index contributed by atoms with van der Waals surface area (Å²) in [4.78, 5) is 28.8. The molecule has 36 heavy (non-hydrogen) atoms. The molecule has 1 aromatic heterocycles. The van der Waals surface area contributed by atoms with Gasteiger partial charge in [0.2, 0.25) is 10.0 Å². The standard InChI is InChI=1S/C26H23N3O5S2/c1-29(16-18-6-4-3-5-7-18)36(32,33)22-14-12-20(13-15-22)24(30)28-26-27-23(17-35-26)19-8-10-21(11-9-19)25(31)34-2/h3-15,17H,16H2,1-2H3,(H,27,28,30). The van der Waals surface area contributed by atoms with Crippen LogP contribution in [-0.4, -0.2) is 43.7 Å². The zero-order chi connectivity index (χ0) is 25.7. The van der Waals surface area contributed by atoms with Crippen LogP contribution in [0.3, 0.4) is 0 Å². The summed E-state index contributed by atoms with van der Waals surface area (Å²) in [6, 6.07) is 21.9. The van der Waals surface area contributed by atoms with Gasteiger partial charge < -0.3 is 4.74 Å². The molecule has 0 aliphatic rings. The first-order valence-electron chi connectivity index (χ1n) is 10.8. The van der Waals surface area contributed by atoms with Crippen LogP contribution in [0.2, 0.25) is 0 Å². The molecule has 184 valence electrons. The van der Waals surface area contributed by atoms with Crippen LogP contribution in [0.15, 0.2) is 89.1 Å². The summed E-state index contributed by atoms with van der Waals surface area (Å²) in [5.74, 6) is -0.826. The maximum absolute atomic E-state index is 12.9. The molecule has 0 spiro atoms. The molecule has 1 amide bonds. The molecule has 0 aliphatic heterocycles. The second-order valence-electron chi connectivity index (χ2n) is 7.83. The highest BCUT2D eigenvalue weighted by molar-refractivity contribution is 7.89. The molecule has 4 rings (SSSR count). The van der Waals surface area contributed by atoms with E-state index in [1.165, 1.54) is 54.1 Å². The molecule has 1 N–H and O–H groups in total. The Balaban J connectivity index is 1.41. The van der Waals surface area contributed by atoms with Crippen LogP contribution in [0.5, 0.6) is 0 Å². The van der Waals surface area contributed by atoms with E-state index in [0.29, 0.717) is 22.0 Å². The highest BCUT2D eigenvalue weighted by Gasteiger charge is 2.21. The molecule has 0 saturated heterocycles. The van der Waals surface area contributed by atoms with E-state index in [4.69, 9.17) is 4.74 Å². The smallest absolute Gasteiger partial charge is 0.337 e. The number of carbonyl (C=O) groups excluding carboxylic acids is 2. The van der Waals surface area contributed by atoms with Crippen molar-refractivity contribution in [1.29, 1.82) is 0 Å². The van der Waals surface area contributed by atoms with Gasteiger partial charge in [0.05, 0.1) is 23.3 Å². The van der Waals surface area contributed by atoms with Gasteiger partial charge in [-0.05, 0) is 42.0 Å². The van der Waals surface area contributed by atoms with Crippen LogP contribution < -0.4 is 5.32 Å². The number of rotatable bonds is 8. The van der Waals surface area contributed by atoms with Crippen LogP contribution >= 0.6 is 11.3 Å². The number of nitrogens with one attached hydrogen (secondary N) is 1. The highest BCUT2D eigenvalue weighted by Crippen LogP contribution is 2.26. The van der Waals surface area contributed by atoms with E-state index < -0.39 is 21.9 Å². The van der Waals surface area contributed by atoms with Gasteiger partial charge in [0.1, 0.15) is 0 Å². The number of hydrogen-bond acceptors (Lipinski definition) is 7. The quantitative estimate of drug-likeness (QED) is 0.338. The first kappa shape index (κ1) is 25.2. The lowest BCUT2D eigenvalue weighted by Gasteiger charge is -2.17. The van der Waals surface area contributed by atoms with Gasteiger partial charge in [-0.15, -0.1) is 11.3 Å². The summed E-state index contributed by atoms with van der Waals surface area (Å²) >= 11 is 1.26. The topological polar surface area (TPSA) is 106 Å². The number of esters is 1. The summed E-state index contributed by atoms with van der Waals surface area (Å²) in [5, 5.41) is 4.92. The van der Waals surface area contributed by atoms with Crippen molar-refractivity contribution in [1.82, 2.24) is 9.29 Å². The van der Waals surface area contributed by atoms with Gasteiger partial charge >= 0.3 is 5.97 Å². The molecular weight excluding hydrogens is 498 g/mol. The Morgan fingerprint density at radius 3 is 2.22 bits per heavy atom. The number of anilines is 1. The lowest BCUT2D eigenvalue weighted by atomic mass is 10.1. The second-order valence-corrected chi connectivity index (χ2v) is 10.7. The molecule has 0 atom stereocenters. The third kappa shape index (κ3) is 5.68. The number of methoxy groups -OCH3 is 1. The minimum Gasteiger partial charge on any atom is -0.465 e. The number of ether oxygens (including phenoxy) is 1. The van der Waals surface area contributed by atoms with Gasteiger partial charge in [-0.25, -0.2) is 18.2 Å². The highest BCUT2D eigenvalue weighted by atomic mass is 32.2. The molecule has 0 bridgehead atoms. The van der Waals surface area contributed by atoms with E-state index >= 15 is 0 Å². The zero-order valence-electron chi connectivity index (χ0n) is 19.5. The van der Waals surface area contributed by atoms with Crippen LogP contribution in [0.1, 0.15) is 26.3 Å². The first-order chi connectivity index (χ1) is 17.3. The van der Waals surface area contributed by atoms with Crippen molar-refractivity contribution >= 4 is 38.4 Å². The van der Waals surface area contributed by atoms with E-state index in [0.717, 1.165) is 11.1 Å². The molecule has 0 aliphatic carbocycles. The number of amides is 1. The lowest BCUT2D eigenvalue weighted by Crippen LogP contribution is -2.26. The van der Waals surface area contributed by atoms with Gasteiger partial charge in [-0.1, -0.05) is 42.5 Å². The van der Waals surface area contributed by atoms with Crippen LogP contribution in [-0.2, 0) is 21.3 Å². The molecule has 0 unspecified atom stereocenters. The Labute approximate surface area is 213 Å². The van der Waals surface area contributed by atoms with Crippen LogP contribution in [0, 0.1) is 0 Å². The molecule has 4 aromatic rings. The average molecular weight is 522 g/mol. The Bertz CT molecular complexity index is 1470. The molecule has 8 nitrogen and oxygen atoms in total. The van der Waals surface area contributed by atoms with Crippen molar-refractivity contribution < 1.29 is 22.7 Å². The van der Waals surface area contributed by atoms with Crippen LogP contribution in [0.25, 0.3) is 11.3 Å². The number of sulfonamides is 1. The fraction of sp³-hybridized carbons (Fsp3) is 0.115. The summed E-state index contributed by atoms with van der Waals surface area (Å²) in [6.07, 6.45) is 0. The molecule has 0 fully saturated rings. The maximum atomic E-state index is 12.9. The minimum atomic E-state index is -3.71. The minimum absolute atomic E-state index is 0.101. The molecule has 0 radical (unpaired) electrons. The number of nitrogens with zero attached hydrogens (tertiary/aromatic N) is 2. The average Bonchev–Trinajstić information content (AvgIpc) is 3.37. The summed E-state index contributed by atoms with van der Waals surface area (Å²) < 4.78 is 31.8. The van der Waals surface area contributed by atoms with Gasteiger partial charge in [0.15, 0.2) is 5.13 Å². The van der Waals surface area contributed by atoms with E-state index in [2.05, 4.69) is 10.3 Å². The van der Waals surface area contributed by atoms with E-state index in [1.807, 2.05) is 30.3 Å².